The molecule has 0 aliphatic heterocycles. The van der Waals surface area contributed by atoms with Gasteiger partial charge < -0.3 is 20.1 Å². The molecule has 0 saturated heterocycles. The minimum absolute atomic E-state index is 0. The van der Waals surface area contributed by atoms with Gasteiger partial charge in [-0.1, -0.05) is 24.6 Å². The predicted molar refractivity (Wildman–Crippen MR) is 115 cm³/mol. The number of nitrogens with one attached hydrogen (secondary N) is 1. The number of rotatable bonds is 10. The molecule has 0 amide bonds. The van der Waals surface area contributed by atoms with Crippen LogP contribution in [0.25, 0.3) is 5.73 Å². The van der Waals surface area contributed by atoms with Crippen LogP contribution >= 0.6 is 0 Å². The molecule has 1 unspecified atom stereocenters. The first-order chi connectivity index (χ1) is 15.0. The Morgan fingerprint density at radius 3 is 2.39 bits per heavy atom. The van der Waals surface area contributed by atoms with Gasteiger partial charge in [-0.15, -0.1) is 0 Å². The number of Topliss-reactive ketones (excluding diaryl/α,β-unsaturated/α-hetero) is 1. The van der Waals surface area contributed by atoms with Crippen molar-refractivity contribution in [2.45, 2.75) is 58.5 Å². The molecule has 33 heavy (non-hydrogen) atoms. The molecule has 3 N–H and O–H groups in total. The summed E-state index contributed by atoms with van der Waals surface area (Å²) in [5.41, 5.74) is 4.70. The quantitative estimate of drug-likeness (QED) is 0.0881. The summed E-state index contributed by atoms with van der Waals surface area (Å²) in [7, 11) is 1.25. The van der Waals surface area contributed by atoms with Crippen molar-refractivity contribution in [2.75, 3.05) is 7.05 Å². The van der Waals surface area contributed by atoms with E-state index in [-0.39, 0.29) is 56.4 Å². The first-order valence-electron chi connectivity index (χ1n) is 9.74. The van der Waals surface area contributed by atoms with Gasteiger partial charge >= 0.3 is 11.8 Å². The second-order valence-corrected chi connectivity index (χ2v) is 6.96. The fourth-order valence-corrected chi connectivity index (χ4v) is 2.51. The number of allylic oxidation sites excluding steroid dienone is 5. The van der Waals surface area contributed by atoms with Crippen LogP contribution in [0.4, 0.5) is 13.2 Å². The van der Waals surface area contributed by atoms with Crippen LogP contribution in [0.2, 0.25) is 0 Å². The molecule has 11 heteroatoms. The Labute approximate surface area is 216 Å². The number of carbonyl (C=O) groups is 1. The van der Waals surface area contributed by atoms with Crippen LogP contribution in [0.3, 0.4) is 0 Å². The molecule has 0 spiro atoms. The van der Waals surface area contributed by atoms with E-state index in [2.05, 4.69) is 4.89 Å². The van der Waals surface area contributed by atoms with E-state index in [0.717, 1.165) is 6.26 Å². The van der Waals surface area contributed by atoms with Crippen molar-refractivity contribution in [3.8, 4) is 5.75 Å². The van der Waals surface area contributed by atoms with Gasteiger partial charge in [0.05, 0.1) is 0 Å². The average molecular weight is 549 g/mol. The summed E-state index contributed by atoms with van der Waals surface area (Å²) in [5.74, 6) is -1.37. The number of halogens is 3. The summed E-state index contributed by atoms with van der Waals surface area (Å²) in [6, 6.07) is 1.20. The maximum absolute atomic E-state index is 12.5. The molecule has 1 atom stereocenters. The molecule has 1 aromatic rings. The fraction of sp³-hybridized carbons (Fsp3) is 0.455. The van der Waals surface area contributed by atoms with E-state index in [0.29, 0.717) is 18.4 Å². The molecule has 1 rings (SSSR count). The van der Waals surface area contributed by atoms with Crippen molar-refractivity contribution in [3.63, 3.8) is 0 Å². The zero-order valence-electron chi connectivity index (χ0n) is 19.0. The Bertz CT molecular complexity index is 891. The van der Waals surface area contributed by atoms with E-state index in [4.69, 9.17) is 15.4 Å². The van der Waals surface area contributed by atoms with E-state index < -0.39 is 35.3 Å². The van der Waals surface area contributed by atoms with Gasteiger partial charge in [0.15, 0.2) is 5.78 Å². The van der Waals surface area contributed by atoms with Gasteiger partial charge in [-0.2, -0.15) is 20.2 Å². The zero-order chi connectivity index (χ0) is 24.9. The van der Waals surface area contributed by atoms with E-state index in [9.17, 15) is 27.9 Å². The number of alkyl halides is 3. The Balaban J connectivity index is 0. The molecular formula is C22H29F3NO6Y-. The Morgan fingerprint density at radius 2 is 1.88 bits per heavy atom. The molecule has 7 nitrogen and oxygen atoms in total. The predicted octanol–water partition coefficient (Wildman–Crippen LogP) is 6.32. The molecule has 0 saturated carbocycles. The molecule has 0 fully saturated rings. The zero-order valence-corrected chi connectivity index (χ0v) is 21.9. The van der Waals surface area contributed by atoms with E-state index in [1.165, 1.54) is 39.1 Å². The number of hydrogen-bond donors (Lipinski definition) is 2. The summed E-state index contributed by atoms with van der Waals surface area (Å²) >= 11 is 0. The second kappa shape index (κ2) is 16.8. The molecule has 1 heterocycles. The summed E-state index contributed by atoms with van der Waals surface area (Å²) in [4.78, 5) is 28.6. The molecular weight excluding hydrogens is 520 g/mol. The van der Waals surface area contributed by atoms with Crippen molar-refractivity contribution in [2.24, 2.45) is 0 Å². The van der Waals surface area contributed by atoms with Gasteiger partial charge in [-0.25, -0.2) is 10.1 Å². The summed E-state index contributed by atoms with van der Waals surface area (Å²) < 4.78 is 41.9. The van der Waals surface area contributed by atoms with Gasteiger partial charge in [0.2, 0.25) is 0 Å². The molecule has 1 aromatic heterocycles. The fourth-order valence-electron chi connectivity index (χ4n) is 2.51. The topological polar surface area (TPSA) is 121 Å². The normalized spacial score (nSPS) is 13.1. The number of ketones is 1. The van der Waals surface area contributed by atoms with Crippen LogP contribution in [-0.4, -0.2) is 29.4 Å². The van der Waals surface area contributed by atoms with Crippen LogP contribution < -0.4 is 5.63 Å². The summed E-state index contributed by atoms with van der Waals surface area (Å²) in [6.45, 7) is 4.65. The standard InChI is InChI=1S/C21H25F3O6.CH4N.Y/c1-13(9-10-21(22,23)24)7-8-15(3)19(26)18-16(25)12-17(30-20(18)27)14(2)6-4-5-11-29-28;1-2;/h5,7-8,11-12,14,25,28H,4,6,9-10H2,1-3H3;2H,1H3;/q;-1;/b11-5+,13-7+,15-8+;;. The third kappa shape index (κ3) is 12.9. The van der Waals surface area contributed by atoms with Gasteiger partial charge in [-0.3, -0.25) is 4.79 Å². The Kier molecular flexibility index (Phi) is 17.0. The van der Waals surface area contributed by atoms with Crippen LogP contribution in [0.15, 0.2) is 50.9 Å². The molecule has 0 bridgehead atoms. The molecule has 0 aliphatic carbocycles. The third-order valence-electron chi connectivity index (χ3n) is 4.36. The van der Waals surface area contributed by atoms with E-state index in [1.54, 1.807) is 13.0 Å². The van der Waals surface area contributed by atoms with Crippen molar-refractivity contribution in [1.29, 1.82) is 0 Å². The Morgan fingerprint density at radius 1 is 1.27 bits per heavy atom. The first-order valence-corrected chi connectivity index (χ1v) is 9.74. The van der Waals surface area contributed by atoms with Gasteiger partial charge in [0, 0.05) is 51.1 Å². The number of aromatic hydroxyl groups is 1. The van der Waals surface area contributed by atoms with Crippen molar-refractivity contribution in [3.05, 3.63) is 69.2 Å². The summed E-state index contributed by atoms with van der Waals surface area (Å²) in [6.07, 6.45) is 0.920. The first kappa shape index (κ1) is 33.4. The van der Waals surface area contributed by atoms with Crippen molar-refractivity contribution in [1.82, 2.24) is 0 Å². The van der Waals surface area contributed by atoms with Gasteiger partial charge in [-0.05, 0) is 44.8 Å². The van der Waals surface area contributed by atoms with Crippen LogP contribution in [0, 0.1) is 0 Å². The number of hydrogen-bond acceptors (Lipinski definition) is 6. The molecule has 183 valence electrons. The largest absolute Gasteiger partial charge is 0.680 e. The maximum Gasteiger partial charge on any atom is 0.389 e. The molecule has 0 aliphatic rings. The summed E-state index contributed by atoms with van der Waals surface area (Å²) in [5, 5.41) is 18.4. The third-order valence-corrected chi connectivity index (χ3v) is 4.36. The minimum atomic E-state index is -4.27. The molecule has 0 aromatic carbocycles. The van der Waals surface area contributed by atoms with Crippen molar-refractivity contribution < 1.29 is 70.3 Å². The van der Waals surface area contributed by atoms with E-state index >= 15 is 0 Å². The van der Waals surface area contributed by atoms with Gasteiger partial charge in [0.1, 0.15) is 23.3 Å². The monoisotopic (exact) mass is 549 g/mol. The maximum atomic E-state index is 12.5. The van der Waals surface area contributed by atoms with Gasteiger partial charge in [0.25, 0.3) is 0 Å². The SMILES string of the molecule is C/C(=C\C=C(/C)C(=O)c1c(O)cc(C(C)CC/C=C/OO)oc1=O)CCC(F)(F)F.C[NH-].[Y]. The van der Waals surface area contributed by atoms with Crippen LogP contribution in [0.5, 0.6) is 5.75 Å². The number of carbonyl (C=O) groups excluding carboxylic acids is 1. The van der Waals surface area contributed by atoms with Crippen molar-refractivity contribution >= 4 is 5.78 Å². The smallest absolute Gasteiger partial charge is 0.389 e. The second-order valence-electron chi connectivity index (χ2n) is 6.96. The Hall–Kier alpha value is -1.75. The van der Waals surface area contributed by atoms with E-state index in [1.807, 2.05) is 0 Å². The molecule has 1 radical (unpaired) electrons. The van der Waals surface area contributed by atoms with Crippen LogP contribution in [0.1, 0.15) is 68.5 Å². The average Bonchev–Trinajstić information content (AvgIpc) is 2.73. The van der Waals surface area contributed by atoms with Crippen LogP contribution in [-0.2, 0) is 37.6 Å². The minimum Gasteiger partial charge on any atom is -0.680 e.